The van der Waals surface area contributed by atoms with Gasteiger partial charge in [-0.05, 0) is 124 Å². The van der Waals surface area contributed by atoms with Gasteiger partial charge in [-0.2, -0.15) is 20.5 Å². The van der Waals surface area contributed by atoms with Crippen molar-refractivity contribution in [2.24, 2.45) is 30.7 Å². The highest BCUT2D eigenvalue weighted by Gasteiger charge is 2.08. The van der Waals surface area contributed by atoms with Crippen LogP contribution in [0, 0.1) is 0 Å². The summed E-state index contributed by atoms with van der Waals surface area (Å²) in [6, 6.07) is 34.6. The van der Waals surface area contributed by atoms with Crippen LogP contribution in [-0.2, 0) is 19.1 Å². The maximum absolute atomic E-state index is 11.2. The van der Waals surface area contributed by atoms with Gasteiger partial charge in [0.05, 0.1) is 53.9 Å². The van der Waals surface area contributed by atoms with E-state index in [2.05, 4.69) is 67.8 Å². The second-order valence-corrected chi connectivity index (χ2v) is 13.1. The molecule has 0 amide bonds. The molecule has 5 aromatic rings. The highest BCUT2D eigenvalue weighted by atomic mass is 16.5. The molecule has 58 heavy (non-hydrogen) atoms. The van der Waals surface area contributed by atoms with Crippen molar-refractivity contribution in [1.29, 1.82) is 0 Å². The molecule has 0 aliphatic carbocycles. The molecule has 0 bridgehead atoms. The molecule has 0 saturated carbocycles. The molecule has 0 unspecified atom stereocenters. The summed E-state index contributed by atoms with van der Waals surface area (Å²) in [5.41, 5.74) is 5.43. The second-order valence-electron chi connectivity index (χ2n) is 13.1. The molecule has 298 valence electrons. The predicted octanol–water partition coefficient (Wildman–Crippen LogP) is 13.1. The van der Waals surface area contributed by atoms with Crippen molar-refractivity contribution in [3.05, 3.63) is 135 Å². The van der Waals surface area contributed by atoms with Gasteiger partial charge >= 0.3 is 11.9 Å². The SMILES string of the molecule is C=CC(=O)OCCCCCCN(CC)c1ccc(N=Nc2ccc(N=Nc3ccc(N=Nc4ccc(OCCCCOC(=O)C=C)cc4)cc3)c3ccccc23)cc1. The molecule has 0 N–H and O–H groups in total. The predicted molar refractivity (Wildman–Crippen MR) is 229 cm³/mol. The second kappa shape index (κ2) is 23.3. The standard InChI is InChI=1S/C46H49N7O5/c1-4-45(54)57-33-12-8-7-11-31-53(6-3)39-25-21-37(22-26-39)50-52-44-30-29-43(41-15-9-10-16-42(41)44)51-49-36-19-17-35(18-20-36)47-48-38-23-27-40(28-24-38)56-32-13-14-34-58-46(55)5-2/h4-5,9-10,15-30H,1-2,6-8,11-14,31-34H2,3H3. The van der Waals surface area contributed by atoms with E-state index in [0.717, 1.165) is 90.5 Å². The van der Waals surface area contributed by atoms with Crippen molar-refractivity contribution in [3.63, 3.8) is 0 Å². The Balaban J connectivity index is 1.11. The van der Waals surface area contributed by atoms with Gasteiger partial charge in [0.25, 0.3) is 0 Å². The zero-order chi connectivity index (χ0) is 40.8. The van der Waals surface area contributed by atoms with Gasteiger partial charge in [-0.15, -0.1) is 10.2 Å². The number of carbonyl (C=O) groups is 2. The number of fused-ring (bicyclic) bond motifs is 1. The highest BCUT2D eigenvalue weighted by Crippen LogP contribution is 2.35. The lowest BCUT2D eigenvalue weighted by molar-refractivity contribution is -0.138. The van der Waals surface area contributed by atoms with E-state index < -0.39 is 5.97 Å². The number of nitrogens with zero attached hydrogens (tertiary/aromatic N) is 7. The highest BCUT2D eigenvalue weighted by molar-refractivity contribution is 5.99. The molecule has 12 heteroatoms. The first-order valence-electron chi connectivity index (χ1n) is 19.5. The fraction of sp³-hybridized carbons (Fsp3) is 0.261. The normalized spacial score (nSPS) is 11.3. The Bertz CT molecular complexity index is 2180. The Labute approximate surface area is 339 Å². The number of unbranched alkanes of at least 4 members (excludes halogenated alkanes) is 4. The van der Waals surface area contributed by atoms with E-state index in [4.69, 9.17) is 14.2 Å². The van der Waals surface area contributed by atoms with Crippen molar-refractivity contribution >= 4 is 62.5 Å². The van der Waals surface area contributed by atoms with Crippen LogP contribution < -0.4 is 9.64 Å². The Morgan fingerprint density at radius 3 is 1.47 bits per heavy atom. The first-order valence-corrected chi connectivity index (χ1v) is 19.5. The van der Waals surface area contributed by atoms with Crippen molar-refractivity contribution in [1.82, 2.24) is 0 Å². The van der Waals surface area contributed by atoms with Crippen LogP contribution in [0.2, 0.25) is 0 Å². The molecule has 5 aromatic carbocycles. The van der Waals surface area contributed by atoms with Crippen molar-refractivity contribution < 1.29 is 23.8 Å². The monoisotopic (exact) mass is 779 g/mol. The number of anilines is 1. The number of esters is 2. The topological polar surface area (TPSA) is 139 Å². The molecule has 12 nitrogen and oxygen atoms in total. The van der Waals surface area contributed by atoms with Crippen LogP contribution in [-0.4, -0.2) is 44.8 Å². The number of benzene rings is 5. The number of hydrogen-bond donors (Lipinski definition) is 0. The van der Waals surface area contributed by atoms with Gasteiger partial charge in [0.2, 0.25) is 0 Å². The molecule has 0 heterocycles. The number of ether oxygens (including phenoxy) is 3. The van der Waals surface area contributed by atoms with E-state index in [-0.39, 0.29) is 5.97 Å². The van der Waals surface area contributed by atoms with Gasteiger partial charge in [0.15, 0.2) is 0 Å². The van der Waals surface area contributed by atoms with Crippen LogP contribution in [0.15, 0.2) is 165 Å². The number of carbonyl (C=O) groups excluding carboxylic acids is 2. The first-order chi connectivity index (χ1) is 28.4. The number of hydrogen-bond acceptors (Lipinski definition) is 12. The van der Waals surface area contributed by atoms with Crippen LogP contribution in [0.4, 0.5) is 39.8 Å². The van der Waals surface area contributed by atoms with E-state index in [9.17, 15) is 9.59 Å². The summed E-state index contributed by atoms with van der Waals surface area (Å²) in [5.74, 6) is -0.0510. The molecule has 0 aliphatic heterocycles. The zero-order valence-corrected chi connectivity index (χ0v) is 32.9. The quantitative estimate of drug-likeness (QED) is 0.0280. The summed E-state index contributed by atoms with van der Waals surface area (Å²) in [6.07, 6.45) is 7.83. The first kappa shape index (κ1) is 42.3. The minimum absolute atomic E-state index is 0.346. The van der Waals surface area contributed by atoms with E-state index in [1.54, 1.807) is 0 Å². The third-order valence-corrected chi connectivity index (χ3v) is 8.94. The molecule has 0 aliphatic rings. The Hall–Kier alpha value is -6.82. The molecule has 0 aromatic heterocycles. The van der Waals surface area contributed by atoms with Gasteiger partial charge in [-0.1, -0.05) is 43.8 Å². The maximum Gasteiger partial charge on any atom is 0.330 e. The molecule has 0 radical (unpaired) electrons. The largest absolute Gasteiger partial charge is 0.494 e. The minimum atomic E-state index is -0.415. The Kier molecular flexibility index (Phi) is 17.0. The lowest BCUT2D eigenvalue weighted by atomic mass is 10.1. The van der Waals surface area contributed by atoms with Gasteiger partial charge in [0, 0.05) is 41.7 Å². The lowest BCUT2D eigenvalue weighted by Gasteiger charge is -2.23. The van der Waals surface area contributed by atoms with Crippen LogP contribution in [0.25, 0.3) is 10.8 Å². The summed E-state index contributed by atoms with van der Waals surface area (Å²) < 4.78 is 15.8. The van der Waals surface area contributed by atoms with Gasteiger partial charge < -0.3 is 19.1 Å². The van der Waals surface area contributed by atoms with Crippen molar-refractivity contribution in [3.8, 4) is 5.75 Å². The number of azo groups is 3. The summed E-state index contributed by atoms with van der Waals surface area (Å²) in [5, 5.41) is 28.7. The summed E-state index contributed by atoms with van der Waals surface area (Å²) in [4.78, 5) is 24.6. The van der Waals surface area contributed by atoms with E-state index >= 15 is 0 Å². The Morgan fingerprint density at radius 1 is 0.534 bits per heavy atom. The van der Waals surface area contributed by atoms with Gasteiger partial charge in [0.1, 0.15) is 5.75 Å². The molecular formula is C46H49N7O5. The molecule has 5 rings (SSSR count). The molecular weight excluding hydrogens is 731 g/mol. The molecule has 0 saturated heterocycles. The van der Waals surface area contributed by atoms with Crippen LogP contribution in [0.5, 0.6) is 5.75 Å². The zero-order valence-electron chi connectivity index (χ0n) is 32.9. The van der Waals surface area contributed by atoms with Gasteiger partial charge in [-0.3, -0.25) is 0 Å². The number of rotatable bonds is 23. The minimum Gasteiger partial charge on any atom is -0.494 e. The smallest absolute Gasteiger partial charge is 0.330 e. The maximum atomic E-state index is 11.2. The average Bonchev–Trinajstić information content (AvgIpc) is 3.27. The summed E-state index contributed by atoms with van der Waals surface area (Å²) >= 11 is 0. The lowest BCUT2D eigenvalue weighted by Crippen LogP contribution is -2.23. The van der Waals surface area contributed by atoms with Crippen LogP contribution in [0.1, 0.15) is 45.4 Å². The molecule has 0 fully saturated rings. The van der Waals surface area contributed by atoms with E-state index in [0.29, 0.717) is 43.3 Å². The Morgan fingerprint density at radius 2 is 0.966 bits per heavy atom. The van der Waals surface area contributed by atoms with E-state index in [1.165, 1.54) is 6.08 Å². The van der Waals surface area contributed by atoms with Crippen molar-refractivity contribution in [2.45, 2.75) is 45.4 Å². The summed E-state index contributed by atoms with van der Waals surface area (Å²) in [6.45, 7) is 12.1. The van der Waals surface area contributed by atoms with Gasteiger partial charge in [-0.25, -0.2) is 9.59 Å². The van der Waals surface area contributed by atoms with Crippen LogP contribution >= 0.6 is 0 Å². The molecule has 0 atom stereocenters. The third kappa shape index (κ3) is 13.7. The van der Waals surface area contributed by atoms with Crippen LogP contribution in [0.3, 0.4) is 0 Å². The fourth-order valence-corrected chi connectivity index (χ4v) is 5.79. The summed E-state index contributed by atoms with van der Waals surface area (Å²) in [7, 11) is 0. The molecule has 0 spiro atoms. The van der Waals surface area contributed by atoms with Crippen molar-refractivity contribution in [2.75, 3.05) is 37.8 Å². The van der Waals surface area contributed by atoms with E-state index in [1.807, 2.05) is 97.1 Å². The third-order valence-electron chi connectivity index (χ3n) is 8.94. The fourth-order valence-electron chi connectivity index (χ4n) is 5.79. The average molecular weight is 780 g/mol.